The number of nitrogens with one attached hydrogen (secondary N) is 1. The van der Waals surface area contributed by atoms with Crippen LogP contribution >= 0.6 is 11.9 Å². The Kier molecular flexibility index (Phi) is 5.03. The first kappa shape index (κ1) is 18.1. The number of pyridine rings is 1. The van der Waals surface area contributed by atoms with Gasteiger partial charge in [0.25, 0.3) is 0 Å². The van der Waals surface area contributed by atoms with Gasteiger partial charge in [0.1, 0.15) is 5.52 Å². The minimum atomic E-state index is -4.40. The maximum atomic E-state index is 12.7. The molecule has 0 aliphatic rings. The number of fused-ring (bicyclic) bond motifs is 1. The second kappa shape index (κ2) is 7.24. The van der Waals surface area contributed by atoms with Crippen LogP contribution in [0.3, 0.4) is 0 Å². The number of methoxy groups -OCH3 is 1. The van der Waals surface area contributed by atoms with Gasteiger partial charge in [0.05, 0.1) is 12.7 Å². The summed E-state index contributed by atoms with van der Waals surface area (Å²) in [4.78, 5) is 19.5. The van der Waals surface area contributed by atoms with E-state index in [1.807, 2.05) is 0 Å². The largest absolute Gasteiger partial charge is 0.452 e. The van der Waals surface area contributed by atoms with Gasteiger partial charge in [0.15, 0.2) is 0 Å². The lowest BCUT2D eigenvalue weighted by molar-refractivity contribution is -0.137. The second-order valence-electron chi connectivity index (χ2n) is 5.10. The van der Waals surface area contributed by atoms with Crippen molar-refractivity contribution in [2.45, 2.75) is 11.9 Å². The van der Waals surface area contributed by atoms with Crippen LogP contribution in [0.25, 0.3) is 22.7 Å². The fourth-order valence-electron chi connectivity index (χ4n) is 2.14. The Labute approximate surface area is 149 Å². The molecular formula is C16H12F3N3O3S. The smallest absolute Gasteiger partial charge is 0.416 e. The summed E-state index contributed by atoms with van der Waals surface area (Å²) in [7, 11) is 1.26. The van der Waals surface area contributed by atoms with Gasteiger partial charge in [0, 0.05) is 17.5 Å². The van der Waals surface area contributed by atoms with E-state index in [0.717, 1.165) is 29.6 Å². The Morgan fingerprint density at radius 2 is 2.00 bits per heavy atom. The van der Waals surface area contributed by atoms with Crippen LogP contribution in [0.5, 0.6) is 0 Å². The standard InChI is InChI=1S/C16H12F3N3O3S/c1-24-15(23)22-26-8-10-6-7-20-14-12(10)21-13(25-14)9-2-4-11(5-3-9)16(17,18)19/h2-7H,8H2,1H3,(H,22,23). The summed E-state index contributed by atoms with van der Waals surface area (Å²) in [6, 6.07) is 6.23. The van der Waals surface area contributed by atoms with Crippen LogP contribution in [0.1, 0.15) is 11.1 Å². The highest BCUT2D eigenvalue weighted by Crippen LogP contribution is 2.32. The first-order valence-corrected chi connectivity index (χ1v) is 8.25. The summed E-state index contributed by atoms with van der Waals surface area (Å²) in [5.41, 5.74) is 1.14. The van der Waals surface area contributed by atoms with Gasteiger partial charge in [-0.05, 0) is 47.8 Å². The Morgan fingerprint density at radius 1 is 1.27 bits per heavy atom. The minimum absolute atomic E-state index is 0.166. The normalized spacial score (nSPS) is 11.5. The number of nitrogens with zero attached hydrogens (tertiary/aromatic N) is 2. The number of rotatable bonds is 4. The zero-order chi connectivity index (χ0) is 18.7. The molecule has 0 spiro atoms. The van der Waals surface area contributed by atoms with Crippen LogP contribution in [0.2, 0.25) is 0 Å². The van der Waals surface area contributed by atoms with E-state index in [0.29, 0.717) is 16.8 Å². The summed E-state index contributed by atoms with van der Waals surface area (Å²) in [5, 5.41) is 0. The number of aromatic nitrogens is 2. The topological polar surface area (TPSA) is 77.2 Å². The molecule has 0 aliphatic carbocycles. The van der Waals surface area contributed by atoms with Crippen molar-refractivity contribution >= 4 is 29.3 Å². The molecule has 0 bridgehead atoms. The molecule has 10 heteroatoms. The number of hydrogen-bond acceptors (Lipinski definition) is 6. The monoisotopic (exact) mass is 383 g/mol. The number of ether oxygens (including phenoxy) is 1. The van der Waals surface area contributed by atoms with Crippen molar-refractivity contribution in [3.63, 3.8) is 0 Å². The summed E-state index contributed by atoms with van der Waals surface area (Å²) in [5.74, 6) is 0.548. The molecule has 3 aromatic rings. The number of halogens is 3. The van der Waals surface area contributed by atoms with Crippen molar-refractivity contribution in [2.24, 2.45) is 0 Å². The molecule has 6 nitrogen and oxygen atoms in total. The predicted octanol–water partition coefficient (Wildman–Crippen LogP) is 4.41. The maximum Gasteiger partial charge on any atom is 0.416 e. The van der Waals surface area contributed by atoms with Gasteiger partial charge < -0.3 is 9.15 Å². The molecule has 0 saturated heterocycles. The molecule has 0 saturated carbocycles. The van der Waals surface area contributed by atoms with Crippen LogP contribution in [-0.2, 0) is 16.7 Å². The van der Waals surface area contributed by atoms with Crippen molar-refractivity contribution < 1.29 is 27.1 Å². The van der Waals surface area contributed by atoms with Crippen LogP contribution in [-0.4, -0.2) is 23.2 Å². The average Bonchev–Trinajstić information content (AvgIpc) is 3.06. The second-order valence-corrected chi connectivity index (χ2v) is 5.88. The van der Waals surface area contributed by atoms with Crippen LogP contribution < -0.4 is 4.72 Å². The van der Waals surface area contributed by atoms with Crippen LogP contribution in [0.4, 0.5) is 18.0 Å². The van der Waals surface area contributed by atoms with Crippen molar-refractivity contribution in [1.82, 2.24) is 14.7 Å². The fourth-order valence-corrected chi connectivity index (χ4v) is 2.80. The summed E-state index contributed by atoms with van der Waals surface area (Å²) in [6.07, 6.45) is -3.46. The number of hydrogen-bond donors (Lipinski definition) is 1. The van der Waals surface area contributed by atoms with Gasteiger partial charge in [-0.2, -0.15) is 13.2 Å². The fraction of sp³-hybridized carbons (Fsp3) is 0.188. The Bertz CT molecular complexity index is 926. The Morgan fingerprint density at radius 3 is 2.65 bits per heavy atom. The van der Waals surface area contributed by atoms with Gasteiger partial charge in [-0.1, -0.05) is 0 Å². The summed E-state index contributed by atoms with van der Waals surface area (Å²) < 4.78 is 50.5. The van der Waals surface area contributed by atoms with E-state index in [4.69, 9.17) is 4.42 Å². The quantitative estimate of drug-likeness (QED) is 0.673. The first-order valence-electron chi connectivity index (χ1n) is 7.26. The van der Waals surface area contributed by atoms with E-state index in [1.54, 1.807) is 6.07 Å². The lowest BCUT2D eigenvalue weighted by Gasteiger charge is -2.05. The molecule has 0 aliphatic heterocycles. The molecule has 0 fully saturated rings. The van der Waals surface area contributed by atoms with E-state index in [-0.39, 0.29) is 11.6 Å². The molecular weight excluding hydrogens is 371 g/mol. The highest BCUT2D eigenvalue weighted by molar-refractivity contribution is 7.97. The van der Waals surface area contributed by atoms with Gasteiger partial charge in [-0.3, -0.25) is 4.72 Å². The lowest BCUT2D eigenvalue weighted by Crippen LogP contribution is -2.15. The van der Waals surface area contributed by atoms with Crippen LogP contribution in [0, 0.1) is 0 Å². The molecule has 1 N–H and O–H groups in total. The third kappa shape index (κ3) is 3.90. The van der Waals surface area contributed by atoms with Crippen molar-refractivity contribution in [2.75, 3.05) is 7.11 Å². The molecule has 1 amide bonds. The third-order valence-corrected chi connectivity index (χ3v) is 4.18. The van der Waals surface area contributed by atoms with Gasteiger partial charge in [0.2, 0.25) is 11.6 Å². The Hall–Kier alpha value is -2.75. The van der Waals surface area contributed by atoms with E-state index in [2.05, 4.69) is 19.4 Å². The SMILES string of the molecule is COC(=O)NSCc1ccnc2oc(-c3ccc(C(F)(F)F)cc3)nc12. The van der Waals surface area contributed by atoms with E-state index in [9.17, 15) is 18.0 Å². The summed E-state index contributed by atoms with van der Waals surface area (Å²) >= 11 is 1.10. The molecule has 1 aromatic carbocycles. The molecule has 0 unspecified atom stereocenters. The first-order chi connectivity index (χ1) is 12.4. The van der Waals surface area contributed by atoms with E-state index >= 15 is 0 Å². The molecule has 0 atom stereocenters. The zero-order valence-corrected chi connectivity index (χ0v) is 14.1. The van der Waals surface area contributed by atoms with Crippen LogP contribution in [0.15, 0.2) is 40.9 Å². The predicted molar refractivity (Wildman–Crippen MR) is 89.1 cm³/mol. The number of oxazole rings is 1. The molecule has 136 valence electrons. The van der Waals surface area contributed by atoms with E-state index in [1.165, 1.54) is 25.4 Å². The van der Waals surface area contributed by atoms with Gasteiger partial charge in [-0.15, -0.1) is 0 Å². The highest BCUT2D eigenvalue weighted by atomic mass is 32.2. The third-order valence-electron chi connectivity index (χ3n) is 3.41. The highest BCUT2D eigenvalue weighted by Gasteiger charge is 2.30. The number of carbonyl (C=O) groups excluding carboxylic acids is 1. The minimum Gasteiger partial charge on any atom is -0.452 e. The number of alkyl halides is 3. The molecule has 2 heterocycles. The molecule has 0 radical (unpaired) electrons. The van der Waals surface area contributed by atoms with Crippen molar-refractivity contribution in [3.05, 3.63) is 47.7 Å². The van der Waals surface area contributed by atoms with E-state index < -0.39 is 17.8 Å². The van der Waals surface area contributed by atoms with Gasteiger partial charge in [-0.25, -0.2) is 14.8 Å². The molecule has 2 aromatic heterocycles. The number of carbonyl (C=O) groups is 1. The number of benzene rings is 1. The zero-order valence-electron chi connectivity index (χ0n) is 13.3. The maximum absolute atomic E-state index is 12.7. The molecule has 3 rings (SSSR count). The Balaban J connectivity index is 1.85. The lowest BCUT2D eigenvalue weighted by atomic mass is 10.1. The average molecular weight is 383 g/mol. The van der Waals surface area contributed by atoms with Crippen molar-refractivity contribution in [3.8, 4) is 11.5 Å². The number of amides is 1. The van der Waals surface area contributed by atoms with Gasteiger partial charge >= 0.3 is 12.3 Å². The molecule has 26 heavy (non-hydrogen) atoms. The van der Waals surface area contributed by atoms with Crippen molar-refractivity contribution in [1.29, 1.82) is 0 Å². The summed E-state index contributed by atoms with van der Waals surface area (Å²) in [6.45, 7) is 0.